The predicted octanol–water partition coefficient (Wildman–Crippen LogP) is 1.59. The molecular formula is C12H22Cl3N2O2+. The number of hydrogen-bond acceptors (Lipinski definition) is 2. The van der Waals surface area contributed by atoms with Crippen LogP contribution in [-0.2, 0) is 9.53 Å². The Bertz CT molecular complexity index is 307. The van der Waals surface area contributed by atoms with E-state index in [4.69, 9.17) is 39.5 Å². The summed E-state index contributed by atoms with van der Waals surface area (Å²) in [5, 5.41) is 4.60. The molecule has 1 heterocycles. The second kappa shape index (κ2) is 6.81. The Hall–Kier alpha value is 0.260. The smallest absolute Gasteiger partial charge is 0.262 e. The third-order valence-electron chi connectivity index (χ3n) is 2.98. The van der Waals surface area contributed by atoms with E-state index in [1.165, 1.54) is 0 Å². The number of nitrogens with two attached hydrogens (primary N) is 1. The van der Waals surface area contributed by atoms with Gasteiger partial charge in [0.15, 0.2) is 0 Å². The van der Waals surface area contributed by atoms with Gasteiger partial charge in [0.2, 0.25) is 12.1 Å². The topological polar surface area (TPSA) is 54.9 Å². The largest absolute Gasteiger partial charge is 0.372 e. The van der Waals surface area contributed by atoms with Crippen molar-refractivity contribution in [3.63, 3.8) is 0 Å². The minimum Gasteiger partial charge on any atom is -0.372 e. The van der Waals surface area contributed by atoms with Crippen LogP contribution in [0.25, 0.3) is 0 Å². The Morgan fingerprint density at radius 3 is 2.47 bits per heavy atom. The fourth-order valence-corrected chi connectivity index (χ4v) is 2.18. The number of halogens is 3. The van der Waals surface area contributed by atoms with Crippen LogP contribution >= 0.6 is 34.8 Å². The Morgan fingerprint density at radius 1 is 1.42 bits per heavy atom. The van der Waals surface area contributed by atoms with Crippen molar-refractivity contribution in [1.82, 2.24) is 5.32 Å². The van der Waals surface area contributed by atoms with Crippen LogP contribution in [0.1, 0.15) is 33.6 Å². The first-order chi connectivity index (χ1) is 8.60. The molecular weight excluding hydrogens is 311 g/mol. The molecule has 1 aliphatic heterocycles. The zero-order valence-corrected chi connectivity index (χ0v) is 13.8. The number of hydrogen-bond donors (Lipinski definition) is 2. The van der Waals surface area contributed by atoms with E-state index < -0.39 is 15.4 Å². The van der Waals surface area contributed by atoms with Crippen molar-refractivity contribution in [3.8, 4) is 0 Å². The zero-order valence-electron chi connectivity index (χ0n) is 11.5. The second-order valence-electron chi connectivity index (χ2n) is 5.85. The number of carbonyl (C=O) groups excluding carboxylic acids is 1. The maximum atomic E-state index is 12.0. The van der Waals surface area contributed by atoms with Gasteiger partial charge in [0, 0.05) is 12.0 Å². The fraction of sp³-hybridized carbons (Fsp3) is 0.917. The van der Waals surface area contributed by atoms with Crippen LogP contribution in [0.3, 0.4) is 0 Å². The van der Waals surface area contributed by atoms with Crippen LogP contribution in [0.5, 0.6) is 0 Å². The van der Waals surface area contributed by atoms with Gasteiger partial charge in [-0.25, -0.2) is 0 Å². The lowest BCUT2D eigenvalue weighted by atomic mass is 9.95. The summed E-state index contributed by atoms with van der Waals surface area (Å²) in [6.45, 7) is 6.90. The van der Waals surface area contributed by atoms with Crippen LogP contribution in [-0.4, -0.2) is 35.1 Å². The van der Waals surface area contributed by atoms with Gasteiger partial charge in [-0.05, 0) is 12.8 Å². The Labute approximate surface area is 129 Å². The van der Waals surface area contributed by atoms with Crippen molar-refractivity contribution < 1.29 is 14.8 Å². The second-order valence-corrected chi connectivity index (χ2v) is 8.22. The van der Waals surface area contributed by atoms with E-state index in [9.17, 15) is 4.79 Å². The maximum Gasteiger partial charge on any atom is 0.262 e. The summed E-state index contributed by atoms with van der Waals surface area (Å²) >= 11 is 17.8. The first-order valence-electron chi connectivity index (χ1n) is 6.43. The van der Waals surface area contributed by atoms with E-state index in [2.05, 4.69) is 5.32 Å². The molecule has 0 bridgehead atoms. The summed E-state index contributed by atoms with van der Waals surface area (Å²) in [6.07, 6.45) is 1.62. The van der Waals surface area contributed by atoms with Gasteiger partial charge in [-0.15, -0.1) is 0 Å². The van der Waals surface area contributed by atoms with Crippen molar-refractivity contribution in [3.05, 3.63) is 0 Å². The summed E-state index contributed by atoms with van der Waals surface area (Å²) in [5.41, 5.74) is -0.522. The summed E-state index contributed by atoms with van der Waals surface area (Å²) in [4.78, 5) is 12.0. The van der Waals surface area contributed by atoms with Crippen LogP contribution in [0.2, 0.25) is 0 Å². The van der Waals surface area contributed by atoms with Crippen molar-refractivity contribution in [1.29, 1.82) is 0 Å². The molecule has 0 aromatic heterocycles. The first-order valence-corrected chi connectivity index (χ1v) is 7.56. The van der Waals surface area contributed by atoms with Crippen molar-refractivity contribution in [2.45, 2.75) is 49.7 Å². The number of quaternary nitrogens is 1. The normalized spacial score (nSPS) is 22.3. The number of amides is 1. The molecule has 1 amide bonds. The van der Waals surface area contributed by atoms with Gasteiger partial charge < -0.3 is 15.4 Å². The third-order valence-corrected chi connectivity index (χ3v) is 3.68. The van der Waals surface area contributed by atoms with Gasteiger partial charge in [0.1, 0.15) is 12.6 Å². The lowest BCUT2D eigenvalue weighted by Gasteiger charge is -2.27. The summed E-state index contributed by atoms with van der Waals surface area (Å²) in [6, 6.07) is 0. The van der Waals surface area contributed by atoms with Gasteiger partial charge in [0.05, 0.1) is 0 Å². The summed E-state index contributed by atoms with van der Waals surface area (Å²) in [5.74, 6) is -0.146. The average Bonchev–Trinajstić information content (AvgIpc) is 2.73. The zero-order chi connectivity index (χ0) is 14.7. The third kappa shape index (κ3) is 6.05. The molecule has 19 heavy (non-hydrogen) atoms. The van der Waals surface area contributed by atoms with Crippen molar-refractivity contribution in [2.75, 3.05) is 13.2 Å². The predicted molar refractivity (Wildman–Crippen MR) is 77.4 cm³/mol. The molecule has 112 valence electrons. The fourth-order valence-electron chi connectivity index (χ4n) is 1.75. The molecule has 0 aromatic rings. The minimum absolute atomic E-state index is 0.146. The molecule has 0 radical (unpaired) electrons. The Kier molecular flexibility index (Phi) is 6.21. The van der Waals surface area contributed by atoms with E-state index >= 15 is 0 Å². The molecule has 0 spiro atoms. The lowest BCUT2D eigenvalue weighted by Crippen LogP contribution is -2.98. The Morgan fingerprint density at radius 2 is 2.05 bits per heavy atom. The molecule has 0 aliphatic carbocycles. The summed E-state index contributed by atoms with van der Waals surface area (Å²) in [7, 11) is 0. The number of nitrogens with one attached hydrogen (secondary N) is 1. The maximum absolute atomic E-state index is 12.0. The number of ether oxygens (including phenoxy) is 1. The molecule has 3 N–H and O–H groups in total. The van der Waals surface area contributed by atoms with Crippen molar-refractivity contribution >= 4 is 40.7 Å². The molecule has 1 aliphatic rings. The monoisotopic (exact) mass is 331 g/mol. The molecule has 2 unspecified atom stereocenters. The van der Waals surface area contributed by atoms with Crippen LogP contribution < -0.4 is 10.6 Å². The lowest BCUT2D eigenvalue weighted by molar-refractivity contribution is -0.697. The number of alkyl halides is 3. The van der Waals surface area contributed by atoms with Crippen LogP contribution in [0, 0.1) is 5.41 Å². The molecule has 1 saturated heterocycles. The van der Waals surface area contributed by atoms with Crippen molar-refractivity contribution in [2.24, 2.45) is 5.41 Å². The van der Waals surface area contributed by atoms with Gasteiger partial charge in [0.25, 0.3) is 3.79 Å². The van der Waals surface area contributed by atoms with E-state index in [0.29, 0.717) is 6.54 Å². The number of rotatable bonds is 4. The quantitative estimate of drug-likeness (QED) is 0.607. The van der Waals surface area contributed by atoms with Gasteiger partial charge in [-0.3, -0.25) is 4.79 Å². The van der Waals surface area contributed by atoms with E-state index in [1.807, 2.05) is 26.1 Å². The SMILES string of the molecule is CC(C)(C)C(=O)NC([NH2+]CC1CCCO1)C(Cl)(Cl)Cl. The Balaban J connectivity index is 2.54. The molecule has 1 fully saturated rings. The van der Waals surface area contributed by atoms with Crippen LogP contribution in [0.15, 0.2) is 0 Å². The minimum atomic E-state index is -1.56. The average molecular weight is 333 g/mol. The standard InChI is InChI=1S/C12H21Cl3N2O2/c1-11(2,3)10(18)17-9(12(13,14)15)16-7-8-5-4-6-19-8/h8-9,16H,4-7H2,1-3H3,(H,17,18)/p+1. The van der Waals surface area contributed by atoms with Gasteiger partial charge >= 0.3 is 0 Å². The highest BCUT2D eigenvalue weighted by atomic mass is 35.6. The molecule has 0 saturated carbocycles. The number of carbonyl (C=O) groups is 1. The highest BCUT2D eigenvalue weighted by Gasteiger charge is 2.39. The molecule has 7 heteroatoms. The van der Waals surface area contributed by atoms with Gasteiger partial charge in [-0.2, -0.15) is 0 Å². The van der Waals surface area contributed by atoms with E-state index in [-0.39, 0.29) is 12.0 Å². The molecule has 1 rings (SSSR count). The highest BCUT2D eigenvalue weighted by Crippen LogP contribution is 2.28. The van der Waals surface area contributed by atoms with E-state index in [0.717, 1.165) is 19.4 Å². The van der Waals surface area contributed by atoms with Crippen LogP contribution in [0.4, 0.5) is 0 Å². The molecule has 4 nitrogen and oxygen atoms in total. The molecule has 2 atom stereocenters. The summed E-state index contributed by atoms with van der Waals surface area (Å²) < 4.78 is 3.96. The van der Waals surface area contributed by atoms with E-state index in [1.54, 1.807) is 0 Å². The highest BCUT2D eigenvalue weighted by molar-refractivity contribution is 6.68. The van der Waals surface area contributed by atoms with Gasteiger partial charge in [-0.1, -0.05) is 55.6 Å². The molecule has 0 aromatic carbocycles. The first kappa shape index (κ1) is 17.3.